The van der Waals surface area contributed by atoms with Crippen molar-refractivity contribution < 1.29 is 4.79 Å². The number of para-hydroxylation sites is 1. The second kappa shape index (κ2) is 8.51. The van der Waals surface area contributed by atoms with Gasteiger partial charge in [0.1, 0.15) is 0 Å². The van der Waals surface area contributed by atoms with Crippen molar-refractivity contribution in [3.63, 3.8) is 0 Å². The molecule has 5 rings (SSSR count). The second-order valence-corrected chi connectivity index (χ2v) is 8.69. The van der Waals surface area contributed by atoms with Crippen LogP contribution >= 0.6 is 0 Å². The van der Waals surface area contributed by atoms with Gasteiger partial charge in [-0.1, -0.05) is 91.9 Å². The van der Waals surface area contributed by atoms with E-state index < -0.39 is 0 Å². The van der Waals surface area contributed by atoms with E-state index in [-0.39, 0.29) is 5.91 Å². The first-order chi connectivity index (χ1) is 15.6. The molecule has 1 unspecified atom stereocenters. The summed E-state index contributed by atoms with van der Waals surface area (Å²) in [5.41, 5.74) is 6.80. The SMILES string of the molecule is Cc1c(C(=O)N2CC=C(c3ccccc3)C(C)C2)c2ccccc2n1Cc1ccccc1. The van der Waals surface area contributed by atoms with E-state index in [9.17, 15) is 4.79 Å². The summed E-state index contributed by atoms with van der Waals surface area (Å²) in [5.74, 6) is 0.425. The molecule has 0 bridgehead atoms. The van der Waals surface area contributed by atoms with E-state index >= 15 is 0 Å². The Balaban J connectivity index is 1.49. The van der Waals surface area contributed by atoms with Gasteiger partial charge in [-0.05, 0) is 35.6 Å². The minimum absolute atomic E-state index is 0.126. The van der Waals surface area contributed by atoms with Crippen molar-refractivity contribution in [1.29, 1.82) is 0 Å². The highest BCUT2D eigenvalue weighted by molar-refractivity contribution is 6.08. The fourth-order valence-corrected chi connectivity index (χ4v) is 4.94. The third-order valence-corrected chi connectivity index (χ3v) is 6.58. The van der Waals surface area contributed by atoms with Crippen LogP contribution in [-0.2, 0) is 6.54 Å². The number of amides is 1. The van der Waals surface area contributed by atoms with Crippen LogP contribution in [-0.4, -0.2) is 28.5 Å². The summed E-state index contributed by atoms with van der Waals surface area (Å²) in [4.78, 5) is 15.8. The van der Waals surface area contributed by atoms with Crippen LogP contribution in [0.5, 0.6) is 0 Å². The molecule has 4 aromatic rings. The summed E-state index contributed by atoms with van der Waals surface area (Å²) in [7, 11) is 0. The molecule has 1 aromatic heterocycles. The van der Waals surface area contributed by atoms with Gasteiger partial charge in [-0.3, -0.25) is 4.79 Å². The van der Waals surface area contributed by atoms with Crippen molar-refractivity contribution in [3.05, 3.63) is 113 Å². The molecule has 32 heavy (non-hydrogen) atoms. The first-order valence-electron chi connectivity index (χ1n) is 11.3. The first-order valence-corrected chi connectivity index (χ1v) is 11.3. The predicted octanol–water partition coefficient (Wildman–Crippen LogP) is 6.17. The summed E-state index contributed by atoms with van der Waals surface area (Å²) in [6.45, 7) is 6.43. The van der Waals surface area contributed by atoms with E-state index in [4.69, 9.17) is 0 Å². The van der Waals surface area contributed by atoms with E-state index in [1.807, 2.05) is 23.1 Å². The van der Waals surface area contributed by atoms with Gasteiger partial charge in [0.25, 0.3) is 5.91 Å². The standard InChI is InChI=1S/C29H28N2O/c1-21-19-30(18-17-25(21)24-13-7-4-8-14-24)29(32)28-22(2)31(20-23-11-5-3-6-12-23)27-16-10-9-15-26(27)28/h3-17,21H,18-20H2,1-2H3. The lowest BCUT2D eigenvalue weighted by molar-refractivity contribution is 0.0757. The first kappa shape index (κ1) is 20.3. The summed E-state index contributed by atoms with van der Waals surface area (Å²) in [6.07, 6.45) is 2.22. The van der Waals surface area contributed by atoms with Crippen molar-refractivity contribution in [2.24, 2.45) is 5.92 Å². The topological polar surface area (TPSA) is 25.2 Å². The van der Waals surface area contributed by atoms with Gasteiger partial charge in [-0.25, -0.2) is 0 Å². The predicted molar refractivity (Wildman–Crippen MR) is 132 cm³/mol. The summed E-state index contributed by atoms with van der Waals surface area (Å²) in [6, 6.07) is 29.2. The van der Waals surface area contributed by atoms with E-state index in [0.29, 0.717) is 12.5 Å². The van der Waals surface area contributed by atoms with Crippen molar-refractivity contribution in [2.75, 3.05) is 13.1 Å². The minimum atomic E-state index is 0.126. The zero-order valence-corrected chi connectivity index (χ0v) is 18.7. The lowest BCUT2D eigenvalue weighted by atomic mass is 9.90. The molecule has 1 aliphatic rings. The molecule has 1 amide bonds. The number of benzene rings is 3. The molecule has 0 spiro atoms. The molecule has 1 aliphatic heterocycles. The lowest BCUT2D eigenvalue weighted by Gasteiger charge is -2.31. The largest absolute Gasteiger partial charge is 0.340 e. The van der Waals surface area contributed by atoms with Gasteiger partial charge in [0, 0.05) is 36.2 Å². The maximum absolute atomic E-state index is 13.8. The van der Waals surface area contributed by atoms with Gasteiger partial charge < -0.3 is 9.47 Å². The van der Waals surface area contributed by atoms with Crippen LogP contribution < -0.4 is 0 Å². The van der Waals surface area contributed by atoms with Crippen LogP contribution in [0.4, 0.5) is 0 Å². The number of carbonyl (C=O) groups is 1. The van der Waals surface area contributed by atoms with Crippen LogP contribution in [0.1, 0.15) is 34.1 Å². The lowest BCUT2D eigenvalue weighted by Crippen LogP contribution is -2.38. The number of hydrogen-bond donors (Lipinski definition) is 0. The molecule has 3 nitrogen and oxygen atoms in total. The Bertz CT molecular complexity index is 1290. The molecule has 1 atom stereocenters. The van der Waals surface area contributed by atoms with Gasteiger partial charge in [0.15, 0.2) is 0 Å². The van der Waals surface area contributed by atoms with Crippen molar-refractivity contribution in [3.8, 4) is 0 Å². The number of rotatable bonds is 4. The van der Waals surface area contributed by atoms with Gasteiger partial charge in [0.2, 0.25) is 0 Å². The van der Waals surface area contributed by atoms with Gasteiger partial charge in [0.05, 0.1) is 5.56 Å². The molecule has 3 aromatic carbocycles. The number of nitrogens with zero attached hydrogens (tertiary/aromatic N) is 2. The van der Waals surface area contributed by atoms with Crippen LogP contribution in [0.2, 0.25) is 0 Å². The molecule has 0 N–H and O–H groups in total. The molecule has 0 saturated carbocycles. The maximum Gasteiger partial charge on any atom is 0.256 e. The Hall–Kier alpha value is -3.59. The van der Waals surface area contributed by atoms with Crippen molar-refractivity contribution >= 4 is 22.4 Å². The average molecular weight is 421 g/mol. The van der Waals surface area contributed by atoms with Gasteiger partial charge in [-0.2, -0.15) is 0 Å². The van der Waals surface area contributed by atoms with Crippen LogP contribution in [0, 0.1) is 12.8 Å². The Kier molecular flexibility index (Phi) is 5.40. The Morgan fingerprint density at radius 3 is 2.28 bits per heavy atom. The number of aromatic nitrogens is 1. The zero-order valence-electron chi connectivity index (χ0n) is 18.7. The number of carbonyl (C=O) groups excluding carboxylic acids is 1. The average Bonchev–Trinajstić information content (AvgIpc) is 3.11. The zero-order chi connectivity index (χ0) is 22.1. The maximum atomic E-state index is 13.8. The van der Waals surface area contributed by atoms with E-state index in [1.54, 1.807) is 0 Å². The van der Waals surface area contributed by atoms with E-state index in [1.165, 1.54) is 16.7 Å². The quantitative estimate of drug-likeness (QED) is 0.387. The molecule has 160 valence electrons. The molecule has 0 saturated heterocycles. The Morgan fingerprint density at radius 1 is 0.906 bits per heavy atom. The normalized spacial score (nSPS) is 16.2. The Labute approximate surface area is 189 Å². The molecular weight excluding hydrogens is 392 g/mol. The third-order valence-electron chi connectivity index (χ3n) is 6.58. The highest BCUT2D eigenvalue weighted by atomic mass is 16.2. The molecule has 3 heteroatoms. The highest BCUT2D eigenvalue weighted by Gasteiger charge is 2.28. The number of fused-ring (bicyclic) bond motifs is 1. The van der Waals surface area contributed by atoms with Crippen molar-refractivity contribution in [2.45, 2.75) is 20.4 Å². The van der Waals surface area contributed by atoms with Crippen molar-refractivity contribution in [1.82, 2.24) is 9.47 Å². The van der Waals surface area contributed by atoms with Gasteiger partial charge in [-0.15, -0.1) is 0 Å². The summed E-state index contributed by atoms with van der Waals surface area (Å²) < 4.78 is 2.27. The third kappa shape index (κ3) is 3.64. The number of hydrogen-bond acceptors (Lipinski definition) is 1. The smallest absolute Gasteiger partial charge is 0.256 e. The van der Waals surface area contributed by atoms with Gasteiger partial charge >= 0.3 is 0 Å². The Morgan fingerprint density at radius 2 is 1.56 bits per heavy atom. The molecule has 0 aliphatic carbocycles. The van der Waals surface area contributed by atoms with E-state index in [0.717, 1.165) is 35.2 Å². The van der Waals surface area contributed by atoms with Crippen LogP contribution in [0.3, 0.4) is 0 Å². The monoisotopic (exact) mass is 420 g/mol. The molecule has 0 fully saturated rings. The fourth-order valence-electron chi connectivity index (χ4n) is 4.94. The minimum Gasteiger partial charge on any atom is -0.340 e. The molecule has 2 heterocycles. The highest BCUT2D eigenvalue weighted by Crippen LogP contribution is 2.31. The van der Waals surface area contributed by atoms with E-state index in [2.05, 4.69) is 91.2 Å². The molecule has 0 radical (unpaired) electrons. The molecular formula is C29H28N2O. The fraction of sp³-hybridized carbons (Fsp3) is 0.207. The van der Waals surface area contributed by atoms with Crippen LogP contribution in [0.15, 0.2) is 91.0 Å². The summed E-state index contributed by atoms with van der Waals surface area (Å²) in [5, 5.41) is 1.04. The second-order valence-electron chi connectivity index (χ2n) is 8.69. The van der Waals surface area contributed by atoms with Crippen LogP contribution in [0.25, 0.3) is 16.5 Å². The summed E-state index contributed by atoms with van der Waals surface area (Å²) >= 11 is 0.